The Morgan fingerprint density at radius 3 is 2.38 bits per heavy atom. The number of benzene rings is 3. The summed E-state index contributed by atoms with van der Waals surface area (Å²) in [6.45, 7) is 0.345. The first kappa shape index (κ1) is 22.5. The topological polar surface area (TPSA) is 46.6 Å². The van der Waals surface area contributed by atoms with Gasteiger partial charge in [0.05, 0.1) is 16.3 Å². The monoisotopic (exact) mass is 517 g/mol. The number of amides is 2. The average Bonchev–Trinajstić information content (AvgIpc) is 3.02. The van der Waals surface area contributed by atoms with E-state index >= 15 is 0 Å². The van der Waals surface area contributed by atoms with E-state index in [2.05, 4.69) is 15.9 Å². The Kier molecular flexibility index (Phi) is 6.91. The Hall–Kier alpha value is -2.71. The van der Waals surface area contributed by atoms with E-state index in [4.69, 9.17) is 4.74 Å². The highest BCUT2D eigenvalue weighted by atomic mass is 79.9. The smallest absolute Gasteiger partial charge is 0.289 e. The molecule has 3 aromatic rings. The van der Waals surface area contributed by atoms with Gasteiger partial charge in [-0.05, 0) is 75.4 Å². The summed E-state index contributed by atoms with van der Waals surface area (Å²) in [7, 11) is 0. The molecule has 4 nitrogen and oxygen atoms in total. The number of halogens is 3. The maximum Gasteiger partial charge on any atom is 0.289 e. The van der Waals surface area contributed by atoms with Gasteiger partial charge in [0.25, 0.3) is 5.24 Å². The molecule has 1 fully saturated rings. The van der Waals surface area contributed by atoms with E-state index in [9.17, 15) is 18.4 Å². The summed E-state index contributed by atoms with van der Waals surface area (Å²) in [6.07, 6.45) is 0.387. The quantitative estimate of drug-likeness (QED) is 0.379. The average molecular weight is 518 g/mol. The van der Waals surface area contributed by atoms with Crippen molar-refractivity contribution in [3.63, 3.8) is 0 Å². The van der Waals surface area contributed by atoms with Crippen molar-refractivity contribution < 1.29 is 23.1 Å². The van der Waals surface area contributed by atoms with Gasteiger partial charge in [-0.15, -0.1) is 0 Å². The minimum Gasteiger partial charge on any atom is -0.488 e. The van der Waals surface area contributed by atoms with Crippen LogP contribution in [-0.2, 0) is 24.4 Å². The van der Waals surface area contributed by atoms with E-state index in [-0.39, 0.29) is 35.9 Å². The molecule has 1 heterocycles. The SMILES string of the molecule is O=C1S[C@H](Cc2ccc(OCc3cccc(F)c3)c(Br)c2)C(=O)N1Cc1ccc(F)cc1. The normalized spacial score (nSPS) is 16.0. The van der Waals surface area contributed by atoms with Crippen molar-refractivity contribution in [2.45, 2.75) is 24.8 Å². The lowest BCUT2D eigenvalue weighted by molar-refractivity contribution is -0.127. The van der Waals surface area contributed by atoms with Crippen LogP contribution in [0.25, 0.3) is 0 Å². The number of carbonyl (C=O) groups excluding carboxylic acids is 2. The molecule has 8 heteroatoms. The third-order valence-electron chi connectivity index (χ3n) is 4.96. The van der Waals surface area contributed by atoms with Gasteiger partial charge >= 0.3 is 0 Å². The van der Waals surface area contributed by atoms with Crippen molar-refractivity contribution in [3.05, 3.63) is 99.5 Å². The van der Waals surface area contributed by atoms with Gasteiger partial charge < -0.3 is 4.74 Å². The molecule has 0 unspecified atom stereocenters. The highest BCUT2D eigenvalue weighted by molar-refractivity contribution is 9.10. The molecular formula is C24H18BrF2NO3S. The molecule has 2 amide bonds. The molecule has 0 radical (unpaired) electrons. The first-order valence-electron chi connectivity index (χ1n) is 9.81. The first-order valence-corrected chi connectivity index (χ1v) is 11.5. The number of imide groups is 1. The van der Waals surface area contributed by atoms with Crippen LogP contribution in [0.3, 0.4) is 0 Å². The van der Waals surface area contributed by atoms with Gasteiger partial charge in [-0.25, -0.2) is 8.78 Å². The molecule has 0 spiro atoms. The van der Waals surface area contributed by atoms with E-state index in [0.717, 1.165) is 17.3 Å². The summed E-state index contributed by atoms with van der Waals surface area (Å²) in [4.78, 5) is 26.3. The Morgan fingerprint density at radius 2 is 1.66 bits per heavy atom. The maximum atomic E-state index is 13.3. The molecule has 4 rings (SSSR count). The predicted octanol–water partition coefficient (Wildman–Crippen LogP) is 6.11. The second kappa shape index (κ2) is 9.83. The molecule has 0 aromatic heterocycles. The van der Waals surface area contributed by atoms with E-state index < -0.39 is 5.25 Å². The van der Waals surface area contributed by atoms with Crippen LogP contribution in [0.4, 0.5) is 13.6 Å². The Morgan fingerprint density at radius 1 is 0.906 bits per heavy atom. The number of carbonyl (C=O) groups is 2. The van der Waals surface area contributed by atoms with Crippen molar-refractivity contribution in [1.82, 2.24) is 4.90 Å². The molecule has 0 saturated carbocycles. The molecule has 3 aromatic carbocycles. The van der Waals surface area contributed by atoms with Gasteiger partial charge in [0.15, 0.2) is 0 Å². The molecule has 0 aliphatic carbocycles. The van der Waals surface area contributed by atoms with Gasteiger partial charge in [-0.2, -0.15) is 0 Å². The van der Waals surface area contributed by atoms with Crippen LogP contribution >= 0.6 is 27.7 Å². The summed E-state index contributed by atoms with van der Waals surface area (Å²) in [5.41, 5.74) is 2.28. The fraction of sp³-hybridized carbons (Fsp3) is 0.167. The summed E-state index contributed by atoms with van der Waals surface area (Å²) >= 11 is 4.47. The van der Waals surface area contributed by atoms with Crippen LogP contribution < -0.4 is 4.74 Å². The summed E-state index contributed by atoms with van der Waals surface area (Å²) in [5, 5.41) is -0.827. The third kappa shape index (κ3) is 5.37. The summed E-state index contributed by atoms with van der Waals surface area (Å²) in [5.74, 6) is -0.347. The number of ether oxygens (including phenoxy) is 1. The predicted molar refractivity (Wildman–Crippen MR) is 122 cm³/mol. The molecular weight excluding hydrogens is 500 g/mol. The van der Waals surface area contributed by atoms with E-state index in [1.165, 1.54) is 29.2 Å². The number of hydrogen-bond donors (Lipinski definition) is 0. The second-order valence-electron chi connectivity index (χ2n) is 7.31. The van der Waals surface area contributed by atoms with Crippen LogP contribution in [0.15, 0.2) is 71.2 Å². The number of nitrogens with zero attached hydrogens (tertiary/aromatic N) is 1. The fourth-order valence-corrected chi connectivity index (χ4v) is 4.90. The zero-order valence-electron chi connectivity index (χ0n) is 16.8. The molecule has 164 valence electrons. The van der Waals surface area contributed by atoms with Crippen molar-refractivity contribution in [3.8, 4) is 5.75 Å². The van der Waals surface area contributed by atoms with Gasteiger partial charge in [0.1, 0.15) is 24.0 Å². The Bertz CT molecular complexity index is 1160. The van der Waals surface area contributed by atoms with Gasteiger partial charge in [0, 0.05) is 0 Å². The Labute approximate surface area is 196 Å². The molecule has 1 atom stereocenters. The van der Waals surface area contributed by atoms with Crippen LogP contribution in [0.2, 0.25) is 0 Å². The molecule has 32 heavy (non-hydrogen) atoms. The minimum absolute atomic E-state index is 0.123. The van der Waals surface area contributed by atoms with E-state index in [0.29, 0.717) is 27.8 Å². The second-order valence-corrected chi connectivity index (χ2v) is 9.32. The summed E-state index contributed by atoms with van der Waals surface area (Å²) < 4.78 is 32.9. The largest absolute Gasteiger partial charge is 0.488 e. The summed E-state index contributed by atoms with van der Waals surface area (Å²) in [6, 6.07) is 17.4. The molecule has 0 bridgehead atoms. The third-order valence-corrected chi connectivity index (χ3v) is 6.65. The van der Waals surface area contributed by atoms with Crippen molar-refractivity contribution in [2.75, 3.05) is 0 Å². The lowest BCUT2D eigenvalue weighted by Crippen LogP contribution is -2.31. The van der Waals surface area contributed by atoms with Crippen molar-refractivity contribution in [1.29, 1.82) is 0 Å². The highest BCUT2D eigenvalue weighted by Gasteiger charge is 2.39. The molecule has 1 saturated heterocycles. The first-order chi connectivity index (χ1) is 15.4. The van der Waals surface area contributed by atoms with Gasteiger partial charge in [-0.1, -0.05) is 42.1 Å². The lowest BCUT2D eigenvalue weighted by Gasteiger charge is -2.14. The minimum atomic E-state index is -0.520. The van der Waals surface area contributed by atoms with Crippen molar-refractivity contribution >= 4 is 38.8 Å². The lowest BCUT2D eigenvalue weighted by atomic mass is 10.1. The van der Waals surface area contributed by atoms with Crippen molar-refractivity contribution in [2.24, 2.45) is 0 Å². The van der Waals surface area contributed by atoms with Crippen LogP contribution in [0.1, 0.15) is 16.7 Å². The van der Waals surface area contributed by atoms with Crippen LogP contribution in [-0.4, -0.2) is 21.3 Å². The van der Waals surface area contributed by atoms with E-state index in [1.54, 1.807) is 30.3 Å². The van der Waals surface area contributed by atoms with Crippen LogP contribution in [0.5, 0.6) is 5.75 Å². The molecule has 0 N–H and O–H groups in total. The van der Waals surface area contributed by atoms with E-state index in [1.807, 2.05) is 12.1 Å². The Balaban J connectivity index is 1.38. The molecule has 1 aliphatic heterocycles. The standard InChI is InChI=1S/C24H18BrF2NO3S/c25-20-11-16(6-9-21(20)31-14-17-2-1-3-19(27)10-17)12-22-23(29)28(24(30)32-22)13-15-4-7-18(26)8-5-15/h1-11,22H,12-14H2/t22-/m1/s1. The maximum absolute atomic E-state index is 13.3. The molecule has 1 aliphatic rings. The fourth-order valence-electron chi connectivity index (χ4n) is 3.33. The highest BCUT2D eigenvalue weighted by Crippen LogP contribution is 2.33. The van der Waals surface area contributed by atoms with Gasteiger partial charge in [0.2, 0.25) is 5.91 Å². The number of thioether (sulfide) groups is 1. The zero-order chi connectivity index (χ0) is 22.7. The van der Waals surface area contributed by atoms with Gasteiger partial charge in [-0.3, -0.25) is 14.5 Å². The number of rotatable bonds is 7. The number of hydrogen-bond acceptors (Lipinski definition) is 4. The van der Waals surface area contributed by atoms with Crippen LogP contribution in [0, 0.1) is 11.6 Å². The zero-order valence-corrected chi connectivity index (χ0v) is 19.2.